The molecule has 0 aromatic rings. The van der Waals surface area contributed by atoms with E-state index < -0.39 is 0 Å². The molecule has 0 aromatic heterocycles. The van der Waals surface area contributed by atoms with Gasteiger partial charge in [-0.2, -0.15) is 0 Å². The number of rotatable bonds is 5. The summed E-state index contributed by atoms with van der Waals surface area (Å²) in [7, 11) is 0. The SMILES string of the molecule is CCCCCC(=O)/C=C/I. The summed E-state index contributed by atoms with van der Waals surface area (Å²) in [6, 6.07) is 0. The van der Waals surface area contributed by atoms with Gasteiger partial charge in [-0.3, -0.25) is 4.79 Å². The standard InChI is InChI=1S/C8H13IO/c1-2-3-4-5-8(10)6-7-9/h6-7H,2-5H2,1H3/b7-6+. The Hall–Kier alpha value is 0.140. The van der Waals surface area contributed by atoms with Gasteiger partial charge >= 0.3 is 0 Å². The molecule has 0 bridgehead atoms. The fourth-order valence-electron chi connectivity index (χ4n) is 0.703. The van der Waals surface area contributed by atoms with Crippen LogP contribution in [0.2, 0.25) is 0 Å². The molecular weight excluding hydrogens is 239 g/mol. The van der Waals surface area contributed by atoms with E-state index in [9.17, 15) is 4.79 Å². The molecule has 0 unspecified atom stereocenters. The summed E-state index contributed by atoms with van der Waals surface area (Å²) < 4.78 is 1.77. The highest BCUT2D eigenvalue weighted by atomic mass is 127. The van der Waals surface area contributed by atoms with Gasteiger partial charge < -0.3 is 0 Å². The number of ketones is 1. The van der Waals surface area contributed by atoms with Gasteiger partial charge in [-0.25, -0.2) is 0 Å². The van der Waals surface area contributed by atoms with Crippen LogP contribution in [0.1, 0.15) is 32.6 Å². The molecule has 0 N–H and O–H groups in total. The third-order valence-corrected chi connectivity index (χ3v) is 1.64. The van der Waals surface area contributed by atoms with Crippen LogP contribution in [-0.2, 0) is 4.79 Å². The molecule has 0 amide bonds. The topological polar surface area (TPSA) is 17.1 Å². The number of hydrogen-bond acceptors (Lipinski definition) is 1. The average molecular weight is 252 g/mol. The first-order valence-electron chi connectivity index (χ1n) is 3.61. The molecule has 10 heavy (non-hydrogen) atoms. The Morgan fingerprint density at radius 3 is 2.70 bits per heavy atom. The van der Waals surface area contributed by atoms with Crippen LogP contribution >= 0.6 is 22.6 Å². The molecule has 0 saturated carbocycles. The second-order valence-corrected chi connectivity index (χ2v) is 2.94. The molecule has 0 fully saturated rings. The van der Waals surface area contributed by atoms with Crippen molar-refractivity contribution in [3.8, 4) is 0 Å². The van der Waals surface area contributed by atoms with Gasteiger partial charge in [0, 0.05) is 6.42 Å². The molecule has 0 spiro atoms. The second-order valence-electron chi connectivity index (χ2n) is 2.22. The van der Waals surface area contributed by atoms with Crippen LogP contribution in [0.4, 0.5) is 0 Å². The van der Waals surface area contributed by atoms with Crippen LogP contribution in [0.25, 0.3) is 0 Å². The molecule has 2 heteroatoms. The van der Waals surface area contributed by atoms with E-state index in [1.807, 2.05) is 0 Å². The summed E-state index contributed by atoms with van der Waals surface area (Å²) in [5.41, 5.74) is 0. The monoisotopic (exact) mass is 252 g/mol. The Bertz CT molecular complexity index is 118. The molecule has 1 nitrogen and oxygen atoms in total. The van der Waals surface area contributed by atoms with Crippen molar-refractivity contribution >= 4 is 28.4 Å². The highest BCUT2D eigenvalue weighted by Crippen LogP contribution is 2.00. The van der Waals surface area contributed by atoms with Crippen LogP contribution in [0.3, 0.4) is 0 Å². The van der Waals surface area contributed by atoms with Crippen LogP contribution < -0.4 is 0 Å². The first-order chi connectivity index (χ1) is 4.81. The van der Waals surface area contributed by atoms with E-state index in [0.29, 0.717) is 6.42 Å². The van der Waals surface area contributed by atoms with Crippen LogP contribution in [0, 0.1) is 0 Å². The van der Waals surface area contributed by atoms with E-state index in [4.69, 9.17) is 0 Å². The van der Waals surface area contributed by atoms with E-state index in [1.54, 1.807) is 10.2 Å². The first-order valence-corrected chi connectivity index (χ1v) is 4.85. The Balaban J connectivity index is 3.22. The highest BCUT2D eigenvalue weighted by molar-refractivity contribution is 14.1. The van der Waals surface area contributed by atoms with E-state index in [-0.39, 0.29) is 5.78 Å². The van der Waals surface area contributed by atoms with E-state index in [2.05, 4.69) is 29.5 Å². The number of halogens is 1. The van der Waals surface area contributed by atoms with E-state index in [1.165, 1.54) is 12.8 Å². The van der Waals surface area contributed by atoms with Crippen molar-refractivity contribution in [2.75, 3.05) is 0 Å². The lowest BCUT2D eigenvalue weighted by atomic mass is 10.1. The van der Waals surface area contributed by atoms with Gasteiger partial charge in [0.2, 0.25) is 0 Å². The minimum Gasteiger partial charge on any atom is -0.295 e. The molecule has 0 aromatic carbocycles. The number of carbonyl (C=O) groups is 1. The van der Waals surface area contributed by atoms with Gasteiger partial charge in [-0.15, -0.1) is 0 Å². The average Bonchev–Trinajstić information content (AvgIpc) is 1.89. The lowest BCUT2D eigenvalue weighted by Crippen LogP contribution is -1.90. The molecule has 0 rings (SSSR count). The number of allylic oxidation sites excluding steroid dienone is 1. The largest absolute Gasteiger partial charge is 0.295 e. The molecule has 0 aliphatic rings. The van der Waals surface area contributed by atoms with Crippen LogP contribution in [-0.4, -0.2) is 5.78 Å². The summed E-state index contributed by atoms with van der Waals surface area (Å²) in [4.78, 5) is 10.8. The summed E-state index contributed by atoms with van der Waals surface area (Å²) in [6.07, 6.45) is 5.74. The van der Waals surface area contributed by atoms with Crippen molar-refractivity contribution in [1.82, 2.24) is 0 Å². The molecular formula is C8H13IO. The van der Waals surface area contributed by atoms with Crippen molar-refractivity contribution in [1.29, 1.82) is 0 Å². The Kier molecular flexibility index (Phi) is 7.35. The lowest BCUT2D eigenvalue weighted by Gasteiger charge is -1.92. The summed E-state index contributed by atoms with van der Waals surface area (Å²) in [5.74, 6) is 0.253. The third-order valence-electron chi connectivity index (χ3n) is 1.28. The number of carbonyl (C=O) groups excluding carboxylic acids is 1. The summed E-state index contributed by atoms with van der Waals surface area (Å²) in [5, 5.41) is 0. The summed E-state index contributed by atoms with van der Waals surface area (Å²) in [6.45, 7) is 2.14. The van der Waals surface area contributed by atoms with Crippen molar-refractivity contribution in [2.24, 2.45) is 0 Å². The van der Waals surface area contributed by atoms with Crippen LogP contribution in [0.15, 0.2) is 10.2 Å². The molecule has 0 aliphatic carbocycles. The number of unbranched alkanes of at least 4 members (excludes halogenated alkanes) is 2. The third kappa shape index (κ3) is 6.26. The van der Waals surface area contributed by atoms with Crippen LogP contribution in [0.5, 0.6) is 0 Å². The predicted molar refractivity (Wildman–Crippen MR) is 52.3 cm³/mol. The van der Waals surface area contributed by atoms with Gasteiger partial charge in [0.05, 0.1) is 0 Å². The molecule has 0 heterocycles. The molecule has 0 atom stereocenters. The second kappa shape index (κ2) is 7.25. The van der Waals surface area contributed by atoms with Gasteiger partial charge in [-0.1, -0.05) is 42.4 Å². The maximum Gasteiger partial charge on any atom is 0.156 e. The summed E-state index contributed by atoms with van der Waals surface area (Å²) >= 11 is 2.06. The number of hydrogen-bond donors (Lipinski definition) is 0. The predicted octanol–water partition coefficient (Wildman–Crippen LogP) is 3.08. The normalized spacial score (nSPS) is 10.6. The van der Waals surface area contributed by atoms with Gasteiger partial charge in [0.1, 0.15) is 0 Å². The Morgan fingerprint density at radius 2 is 2.20 bits per heavy atom. The smallest absolute Gasteiger partial charge is 0.156 e. The quantitative estimate of drug-likeness (QED) is 0.417. The molecule has 0 saturated heterocycles. The van der Waals surface area contributed by atoms with Gasteiger partial charge in [0.15, 0.2) is 5.78 Å². The molecule has 0 aliphatic heterocycles. The van der Waals surface area contributed by atoms with Gasteiger partial charge in [-0.05, 0) is 16.6 Å². The zero-order valence-electron chi connectivity index (χ0n) is 6.27. The van der Waals surface area contributed by atoms with E-state index >= 15 is 0 Å². The lowest BCUT2D eigenvalue weighted by molar-refractivity contribution is -0.114. The zero-order chi connectivity index (χ0) is 7.82. The van der Waals surface area contributed by atoms with Gasteiger partial charge in [0.25, 0.3) is 0 Å². The van der Waals surface area contributed by atoms with Crippen molar-refractivity contribution in [2.45, 2.75) is 32.6 Å². The maximum absolute atomic E-state index is 10.8. The minimum absolute atomic E-state index is 0.253. The fraction of sp³-hybridized carbons (Fsp3) is 0.625. The maximum atomic E-state index is 10.8. The molecule has 58 valence electrons. The molecule has 0 radical (unpaired) electrons. The Morgan fingerprint density at radius 1 is 1.50 bits per heavy atom. The zero-order valence-corrected chi connectivity index (χ0v) is 8.43. The van der Waals surface area contributed by atoms with Crippen molar-refractivity contribution < 1.29 is 4.79 Å². The Labute approximate surface area is 76.0 Å². The van der Waals surface area contributed by atoms with E-state index in [0.717, 1.165) is 6.42 Å². The van der Waals surface area contributed by atoms with Crippen molar-refractivity contribution in [3.63, 3.8) is 0 Å². The highest BCUT2D eigenvalue weighted by Gasteiger charge is 1.93. The van der Waals surface area contributed by atoms with Crippen molar-refractivity contribution in [3.05, 3.63) is 10.2 Å². The fourth-order valence-corrected chi connectivity index (χ4v) is 1.10. The minimum atomic E-state index is 0.253. The first kappa shape index (κ1) is 10.1.